The quantitative estimate of drug-likeness (QED) is 0.187. The van der Waals surface area contributed by atoms with Crippen molar-refractivity contribution >= 4 is 47.7 Å². The Morgan fingerprint density at radius 3 is 2.27 bits per heavy atom. The van der Waals surface area contributed by atoms with Gasteiger partial charge in [-0.3, -0.25) is 24.3 Å². The third-order valence-electron chi connectivity index (χ3n) is 5.32. The van der Waals surface area contributed by atoms with Crippen LogP contribution in [-0.2, 0) is 14.4 Å². The summed E-state index contributed by atoms with van der Waals surface area (Å²) in [6.45, 7) is 0.843. The van der Waals surface area contributed by atoms with Gasteiger partial charge in [-0.05, 0) is 18.3 Å². The highest BCUT2D eigenvalue weighted by molar-refractivity contribution is 14.0. The van der Waals surface area contributed by atoms with Crippen LogP contribution in [0.5, 0.6) is 0 Å². The van der Waals surface area contributed by atoms with Gasteiger partial charge in [0.25, 0.3) is 0 Å². The molecule has 1 saturated carbocycles. The van der Waals surface area contributed by atoms with Crippen molar-refractivity contribution in [2.45, 2.75) is 6.42 Å². The summed E-state index contributed by atoms with van der Waals surface area (Å²) < 4.78 is 0. The molecular weight excluding hydrogens is 449 g/mol. The summed E-state index contributed by atoms with van der Waals surface area (Å²) in [5.74, 6) is 0.473. The maximum absolute atomic E-state index is 12.6. The van der Waals surface area contributed by atoms with Crippen LogP contribution >= 0.6 is 24.0 Å². The van der Waals surface area contributed by atoms with E-state index < -0.39 is 0 Å². The number of likely N-dealkylation sites (N-methyl/N-ethyl adjacent to an activating group) is 1. The number of rotatable bonds is 5. The van der Waals surface area contributed by atoms with Gasteiger partial charge in [0.2, 0.25) is 17.7 Å². The fourth-order valence-corrected chi connectivity index (χ4v) is 4.01. The van der Waals surface area contributed by atoms with Crippen molar-refractivity contribution in [3.8, 4) is 0 Å². The Labute approximate surface area is 170 Å². The number of aliphatic imine (C=N–C) groups is 1. The molecule has 4 unspecified atom stereocenters. The van der Waals surface area contributed by atoms with Crippen molar-refractivity contribution in [1.29, 1.82) is 0 Å². The molecule has 2 N–H and O–H groups in total. The molecule has 1 heterocycles. The second kappa shape index (κ2) is 8.36. The maximum atomic E-state index is 12.6. The molecule has 0 aromatic heterocycles. The Morgan fingerprint density at radius 1 is 1.19 bits per heavy atom. The molecule has 0 aromatic rings. The molecule has 1 aliphatic heterocycles. The molecule has 3 aliphatic rings. The Balaban J connectivity index is 0.00000243. The van der Waals surface area contributed by atoms with Crippen LogP contribution in [0.2, 0.25) is 0 Å². The number of likely N-dealkylation sites (tertiary alicyclic amines) is 1. The monoisotopic (exact) mass is 475 g/mol. The zero-order valence-corrected chi connectivity index (χ0v) is 17.6. The Hall–Kier alpha value is -1.65. The fourth-order valence-electron chi connectivity index (χ4n) is 4.01. The summed E-state index contributed by atoms with van der Waals surface area (Å²) in [6, 6.07) is 0. The molecule has 2 aliphatic carbocycles. The number of halogens is 1. The van der Waals surface area contributed by atoms with E-state index in [0.717, 1.165) is 6.42 Å². The van der Waals surface area contributed by atoms with Gasteiger partial charge in [-0.2, -0.15) is 0 Å². The van der Waals surface area contributed by atoms with Gasteiger partial charge in [0, 0.05) is 34.2 Å². The van der Waals surface area contributed by atoms with Crippen molar-refractivity contribution < 1.29 is 14.4 Å². The minimum absolute atomic E-state index is 0. The van der Waals surface area contributed by atoms with Crippen LogP contribution in [0, 0.1) is 23.7 Å². The summed E-state index contributed by atoms with van der Waals surface area (Å²) in [7, 11) is 4.97. The summed E-state index contributed by atoms with van der Waals surface area (Å²) in [5.41, 5.74) is 0. The first-order chi connectivity index (χ1) is 11.9. The molecule has 3 amide bonds. The third kappa shape index (κ3) is 3.72. The van der Waals surface area contributed by atoms with Crippen molar-refractivity contribution in [1.82, 2.24) is 20.4 Å². The molecule has 2 bridgehead atoms. The molecule has 9 heteroatoms. The lowest BCUT2D eigenvalue weighted by molar-refractivity contribution is -0.140. The number of fused-ring (bicyclic) bond motifs is 5. The molecule has 1 saturated heterocycles. The molecule has 2 fully saturated rings. The molecule has 144 valence electrons. The number of amides is 3. The van der Waals surface area contributed by atoms with Gasteiger partial charge in [0.1, 0.15) is 0 Å². The van der Waals surface area contributed by atoms with Crippen LogP contribution < -0.4 is 10.6 Å². The first-order valence-corrected chi connectivity index (χ1v) is 8.62. The smallest absolute Gasteiger partial charge is 0.241 e. The lowest BCUT2D eigenvalue weighted by Crippen LogP contribution is -2.46. The van der Waals surface area contributed by atoms with E-state index in [1.165, 1.54) is 9.80 Å². The van der Waals surface area contributed by atoms with E-state index in [1.54, 1.807) is 21.1 Å². The molecule has 0 spiro atoms. The number of nitrogens with zero attached hydrogens (tertiary/aromatic N) is 3. The number of hydrogen-bond acceptors (Lipinski definition) is 4. The van der Waals surface area contributed by atoms with Crippen molar-refractivity contribution in [2.24, 2.45) is 28.7 Å². The van der Waals surface area contributed by atoms with Crippen LogP contribution in [0.3, 0.4) is 0 Å². The Kier molecular flexibility index (Phi) is 6.64. The van der Waals surface area contributed by atoms with E-state index in [2.05, 4.69) is 27.8 Å². The van der Waals surface area contributed by atoms with E-state index in [9.17, 15) is 14.4 Å². The van der Waals surface area contributed by atoms with Gasteiger partial charge in [-0.1, -0.05) is 12.2 Å². The maximum Gasteiger partial charge on any atom is 0.241 e. The highest BCUT2D eigenvalue weighted by Gasteiger charge is 2.58. The summed E-state index contributed by atoms with van der Waals surface area (Å²) in [6.07, 6.45) is 5.12. The van der Waals surface area contributed by atoms with Crippen LogP contribution in [0.15, 0.2) is 17.1 Å². The molecular formula is C17H26IN5O3. The van der Waals surface area contributed by atoms with Crippen LogP contribution in [-0.4, -0.2) is 74.3 Å². The van der Waals surface area contributed by atoms with E-state index in [-0.39, 0.29) is 71.9 Å². The number of nitrogens with one attached hydrogen (secondary N) is 2. The first kappa shape index (κ1) is 20.7. The number of hydrogen-bond donors (Lipinski definition) is 2. The largest absolute Gasteiger partial charge is 0.355 e. The number of guanidine groups is 1. The fraction of sp³-hybridized carbons (Fsp3) is 0.647. The number of allylic oxidation sites excluding steroid dienone is 2. The van der Waals surface area contributed by atoms with Crippen molar-refractivity contribution in [2.75, 3.05) is 40.8 Å². The van der Waals surface area contributed by atoms with Gasteiger partial charge >= 0.3 is 0 Å². The van der Waals surface area contributed by atoms with Crippen molar-refractivity contribution in [3.63, 3.8) is 0 Å². The predicted molar refractivity (Wildman–Crippen MR) is 108 cm³/mol. The van der Waals surface area contributed by atoms with E-state index in [0.29, 0.717) is 19.0 Å². The number of imide groups is 1. The summed E-state index contributed by atoms with van der Waals surface area (Å²) in [4.78, 5) is 43.6. The minimum Gasteiger partial charge on any atom is -0.355 e. The first-order valence-electron chi connectivity index (χ1n) is 8.62. The standard InChI is InChI=1S/C17H25N5O3.HI/c1-18-17(20-9-12(23)21(2)3)19-6-7-22-15(24)13-10-4-5-11(8-10)14(13)16(22)25;/h4-5,10-11,13-14H,6-9H2,1-3H3,(H2,18,19,20);1H. The molecule has 0 radical (unpaired) electrons. The summed E-state index contributed by atoms with van der Waals surface area (Å²) >= 11 is 0. The number of carbonyl (C=O) groups is 3. The summed E-state index contributed by atoms with van der Waals surface area (Å²) in [5, 5.41) is 5.95. The topological polar surface area (TPSA) is 94.1 Å². The van der Waals surface area contributed by atoms with Gasteiger partial charge in [-0.25, -0.2) is 0 Å². The van der Waals surface area contributed by atoms with Crippen LogP contribution in [0.1, 0.15) is 6.42 Å². The average molecular weight is 475 g/mol. The Morgan fingerprint density at radius 2 is 1.77 bits per heavy atom. The van der Waals surface area contributed by atoms with E-state index in [1.807, 2.05) is 0 Å². The van der Waals surface area contributed by atoms with Crippen molar-refractivity contribution in [3.05, 3.63) is 12.2 Å². The molecule has 8 nitrogen and oxygen atoms in total. The normalized spacial score (nSPS) is 28.9. The molecule has 3 rings (SSSR count). The predicted octanol–water partition coefficient (Wildman–Crippen LogP) is -0.335. The lowest BCUT2D eigenvalue weighted by Gasteiger charge is -2.19. The third-order valence-corrected chi connectivity index (χ3v) is 5.32. The average Bonchev–Trinajstić information content (AvgIpc) is 3.26. The van der Waals surface area contributed by atoms with Gasteiger partial charge < -0.3 is 15.5 Å². The van der Waals surface area contributed by atoms with Gasteiger partial charge in [0.15, 0.2) is 5.96 Å². The zero-order valence-electron chi connectivity index (χ0n) is 15.3. The second-order valence-corrected chi connectivity index (χ2v) is 6.97. The highest BCUT2D eigenvalue weighted by Crippen LogP contribution is 2.52. The van der Waals surface area contributed by atoms with Crippen LogP contribution in [0.25, 0.3) is 0 Å². The van der Waals surface area contributed by atoms with Gasteiger partial charge in [0.05, 0.1) is 18.4 Å². The number of carbonyl (C=O) groups excluding carboxylic acids is 3. The minimum atomic E-state index is -0.155. The zero-order chi connectivity index (χ0) is 18.1. The highest BCUT2D eigenvalue weighted by atomic mass is 127. The molecule has 26 heavy (non-hydrogen) atoms. The molecule has 4 atom stereocenters. The second-order valence-electron chi connectivity index (χ2n) is 6.97. The Bertz CT molecular complexity index is 618. The van der Waals surface area contributed by atoms with Gasteiger partial charge in [-0.15, -0.1) is 24.0 Å². The SMILES string of the molecule is CN=C(NCCN1C(=O)C2C3C=CC(C3)C2C1=O)NCC(=O)N(C)C.I. The molecule has 0 aromatic carbocycles. The van der Waals surface area contributed by atoms with E-state index in [4.69, 9.17) is 0 Å². The lowest BCUT2D eigenvalue weighted by atomic mass is 9.85. The van der Waals surface area contributed by atoms with Crippen LogP contribution in [0.4, 0.5) is 0 Å². The van der Waals surface area contributed by atoms with E-state index >= 15 is 0 Å².